The van der Waals surface area contributed by atoms with Gasteiger partial charge in [0.2, 0.25) is 5.76 Å². The minimum atomic E-state index is -0.436. The Morgan fingerprint density at radius 3 is 3.11 bits per heavy atom. The molecular weight excluding hydrogens is 250 g/mol. The first kappa shape index (κ1) is 11.2. The SMILES string of the molecule is CCOC(=O)c1cc2c(ccc3sc(C)nc32)o1. The number of ether oxygens (including phenoxy) is 1. The third kappa shape index (κ3) is 1.67. The number of benzene rings is 1. The molecule has 1 aromatic carbocycles. The van der Waals surface area contributed by atoms with Crippen molar-refractivity contribution >= 4 is 38.5 Å². The fourth-order valence-electron chi connectivity index (χ4n) is 1.92. The maximum Gasteiger partial charge on any atom is 0.374 e. The van der Waals surface area contributed by atoms with Gasteiger partial charge in [0.15, 0.2) is 0 Å². The molecule has 0 saturated heterocycles. The van der Waals surface area contributed by atoms with Crippen LogP contribution in [0.4, 0.5) is 0 Å². The number of carbonyl (C=O) groups is 1. The van der Waals surface area contributed by atoms with Crippen LogP contribution in [0.5, 0.6) is 0 Å². The lowest BCUT2D eigenvalue weighted by Gasteiger charge is -1.95. The van der Waals surface area contributed by atoms with Crippen LogP contribution in [0.15, 0.2) is 22.6 Å². The summed E-state index contributed by atoms with van der Waals surface area (Å²) in [7, 11) is 0. The average Bonchev–Trinajstić information content (AvgIpc) is 2.90. The summed E-state index contributed by atoms with van der Waals surface area (Å²) >= 11 is 1.63. The quantitative estimate of drug-likeness (QED) is 0.662. The molecule has 0 unspecified atom stereocenters. The summed E-state index contributed by atoms with van der Waals surface area (Å²) in [5.74, 6) is -0.209. The first-order valence-electron chi connectivity index (χ1n) is 5.66. The van der Waals surface area contributed by atoms with Gasteiger partial charge in [-0.1, -0.05) is 0 Å². The number of hydrogen-bond acceptors (Lipinski definition) is 5. The molecule has 5 heteroatoms. The van der Waals surface area contributed by atoms with Crippen LogP contribution in [-0.4, -0.2) is 17.6 Å². The second kappa shape index (κ2) is 4.10. The number of rotatable bonds is 2. The van der Waals surface area contributed by atoms with Gasteiger partial charge in [-0.25, -0.2) is 9.78 Å². The van der Waals surface area contributed by atoms with E-state index in [1.54, 1.807) is 24.3 Å². The highest BCUT2D eigenvalue weighted by Gasteiger charge is 2.16. The lowest BCUT2D eigenvalue weighted by molar-refractivity contribution is 0.0492. The molecular formula is C13H11NO3S. The van der Waals surface area contributed by atoms with Crippen LogP contribution in [0, 0.1) is 6.92 Å². The lowest BCUT2D eigenvalue weighted by Crippen LogP contribution is -2.02. The Kier molecular flexibility index (Phi) is 2.56. The van der Waals surface area contributed by atoms with Crippen molar-refractivity contribution in [2.45, 2.75) is 13.8 Å². The molecule has 0 aliphatic carbocycles. The summed E-state index contributed by atoms with van der Waals surface area (Å²) in [6.07, 6.45) is 0. The van der Waals surface area contributed by atoms with Gasteiger partial charge in [0.05, 0.1) is 21.8 Å². The fraction of sp³-hybridized carbons (Fsp3) is 0.231. The van der Waals surface area contributed by atoms with Gasteiger partial charge in [-0.2, -0.15) is 0 Å². The van der Waals surface area contributed by atoms with E-state index in [1.807, 2.05) is 19.1 Å². The van der Waals surface area contributed by atoms with E-state index in [4.69, 9.17) is 9.15 Å². The molecule has 3 rings (SSSR count). The Bertz CT molecular complexity index is 741. The van der Waals surface area contributed by atoms with E-state index in [1.165, 1.54) is 0 Å². The molecule has 0 N–H and O–H groups in total. The van der Waals surface area contributed by atoms with Crippen molar-refractivity contribution in [1.29, 1.82) is 0 Å². The highest BCUT2D eigenvalue weighted by molar-refractivity contribution is 7.18. The molecule has 4 nitrogen and oxygen atoms in total. The van der Waals surface area contributed by atoms with Gasteiger partial charge >= 0.3 is 5.97 Å². The van der Waals surface area contributed by atoms with E-state index in [0.717, 1.165) is 20.6 Å². The summed E-state index contributed by atoms with van der Waals surface area (Å²) in [6, 6.07) is 5.52. The molecule has 3 aromatic rings. The smallest absolute Gasteiger partial charge is 0.374 e. The number of aromatic nitrogens is 1. The Morgan fingerprint density at radius 1 is 1.50 bits per heavy atom. The Labute approximate surface area is 107 Å². The third-order valence-corrected chi connectivity index (χ3v) is 3.57. The van der Waals surface area contributed by atoms with Crippen LogP contribution in [0.3, 0.4) is 0 Å². The molecule has 0 radical (unpaired) electrons. The maximum absolute atomic E-state index is 11.6. The monoisotopic (exact) mass is 261 g/mol. The lowest BCUT2D eigenvalue weighted by atomic mass is 10.2. The Hall–Kier alpha value is -1.88. The number of thiazole rings is 1. The largest absolute Gasteiger partial charge is 0.460 e. The number of furan rings is 1. The van der Waals surface area contributed by atoms with E-state index in [2.05, 4.69) is 4.98 Å². The third-order valence-electron chi connectivity index (χ3n) is 2.64. The van der Waals surface area contributed by atoms with Gasteiger partial charge in [0.1, 0.15) is 5.58 Å². The second-order valence-corrected chi connectivity index (χ2v) is 5.12. The normalized spacial score (nSPS) is 11.2. The molecule has 18 heavy (non-hydrogen) atoms. The minimum Gasteiger partial charge on any atom is -0.460 e. The Morgan fingerprint density at radius 2 is 2.33 bits per heavy atom. The molecule has 2 aromatic heterocycles. The summed E-state index contributed by atoms with van der Waals surface area (Å²) in [4.78, 5) is 16.1. The van der Waals surface area contributed by atoms with E-state index < -0.39 is 5.97 Å². The van der Waals surface area contributed by atoms with Crippen molar-refractivity contribution in [3.05, 3.63) is 29.0 Å². The number of carbonyl (C=O) groups excluding carboxylic acids is 1. The zero-order chi connectivity index (χ0) is 12.7. The number of fused-ring (bicyclic) bond motifs is 3. The van der Waals surface area contributed by atoms with Crippen molar-refractivity contribution in [1.82, 2.24) is 4.98 Å². The van der Waals surface area contributed by atoms with Gasteiger partial charge in [0.25, 0.3) is 0 Å². The van der Waals surface area contributed by atoms with Crippen LogP contribution in [0.2, 0.25) is 0 Å². The van der Waals surface area contributed by atoms with Crippen LogP contribution in [-0.2, 0) is 4.74 Å². The molecule has 0 bridgehead atoms. The molecule has 0 aliphatic heterocycles. The van der Waals surface area contributed by atoms with Crippen molar-refractivity contribution in [3.63, 3.8) is 0 Å². The van der Waals surface area contributed by atoms with Crippen LogP contribution >= 0.6 is 11.3 Å². The van der Waals surface area contributed by atoms with E-state index >= 15 is 0 Å². The van der Waals surface area contributed by atoms with E-state index in [-0.39, 0.29) is 5.76 Å². The van der Waals surface area contributed by atoms with Gasteiger partial charge in [-0.05, 0) is 26.0 Å². The predicted octanol–water partition coefficient (Wildman–Crippen LogP) is 3.53. The molecule has 0 atom stereocenters. The highest BCUT2D eigenvalue weighted by Crippen LogP contribution is 2.31. The molecule has 0 saturated carbocycles. The van der Waals surface area contributed by atoms with E-state index in [0.29, 0.717) is 12.2 Å². The van der Waals surface area contributed by atoms with Gasteiger partial charge in [0, 0.05) is 11.5 Å². The summed E-state index contributed by atoms with van der Waals surface area (Å²) in [5.41, 5.74) is 1.55. The predicted molar refractivity (Wildman–Crippen MR) is 70.1 cm³/mol. The van der Waals surface area contributed by atoms with Crippen LogP contribution in [0.25, 0.3) is 21.2 Å². The minimum absolute atomic E-state index is 0.227. The van der Waals surface area contributed by atoms with Gasteiger partial charge in [-0.15, -0.1) is 11.3 Å². The zero-order valence-electron chi connectivity index (χ0n) is 10.0. The standard InChI is InChI=1S/C13H11NO3S/c1-3-16-13(15)10-6-8-9(17-10)4-5-11-12(8)14-7(2)18-11/h4-6H,3H2,1-2H3. The van der Waals surface area contributed by atoms with Crippen molar-refractivity contribution in [2.75, 3.05) is 6.61 Å². The van der Waals surface area contributed by atoms with Gasteiger partial charge < -0.3 is 9.15 Å². The topological polar surface area (TPSA) is 52.3 Å². The van der Waals surface area contributed by atoms with Crippen LogP contribution in [0.1, 0.15) is 22.5 Å². The number of nitrogens with zero attached hydrogens (tertiary/aromatic N) is 1. The fourth-order valence-corrected chi connectivity index (χ4v) is 2.76. The average molecular weight is 261 g/mol. The molecule has 2 heterocycles. The van der Waals surface area contributed by atoms with Crippen molar-refractivity contribution < 1.29 is 13.9 Å². The summed E-state index contributed by atoms with van der Waals surface area (Å²) in [6.45, 7) is 4.06. The maximum atomic E-state index is 11.6. The first-order chi connectivity index (χ1) is 8.69. The van der Waals surface area contributed by atoms with Crippen LogP contribution < -0.4 is 0 Å². The molecule has 0 amide bonds. The second-order valence-electron chi connectivity index (χ2n) is 3.89. The number of aryl methyl sites for hydroxylation is 1. The molecule has 0 fully saturated rings. The zero-order valence-corrected chi connectivity index (χ0v) is 10.8. The first-order valence-corrected chi connectivity index (χ1v) is 6.47. The molecule has 92 valence electrons. The molecule has 0 spiro atoms. The Balaban J connectivity index is 2.22. The van der Waals surface area contributed by atoms with Crippen molar-refractivity contribution in [2.24, 2.45) is 0 Å². The highest BCUT2D eigenvalue weighted by atomic mass is 32.1. The van der Waals surface area contributed by atoms with E-state index in [9.17, 15) is 4.79 Å². The number of esters is 1. The summed E-state index contributed by atoms with van der Waals surface area (Å²) in [5, 5.41) is 1.86. The summed E-state index contributed by atoms with van der Waals surface area (Å²) < 4.78 is 11.5. The molecule has 0 aliphatic rings. The van der Waals surface area contributed by atoms with Crippen molar-refractivity contribution in [3.8, 4) is 0 Å². The van der Waals surface area contributed by atoms with Gasteiger partial charge in [-0.3, -0.25) is 0 Å². The number of hydrogen-bond donors (Lipinski definition) is 0.